The van der Waals surface area contributed by atoms with Gasteiger partial charge in [-0.2, -0.15) is 5.10 Å². The maximum Gasteiger partial charge on any atom is 0.272 e. The first-order valence-corrected chi connectivity index (χ1v) is 7.94. The first kappa shape index (κ1) is 18.4. The van der Waals surface area contributed by atoms with Crippen molar-refractivity contribution in [2.75, 3.05) is 6.54 Å². The number of rotatable bonds is 3. The molecule has 2 atom stereocenters. The van der Waals surface area contributed by atoms with E-state index in [1.807, 2.05) is 11.8 Å². The van der Waals surface area contributed by atoms with Gasteiger partial charge in [0.1, 0.15) is 11.5 Å². The number of carbonyl (C=O) groups is 1. The Morgan fingerprint density at radius 2 is 2.08 bits per heavy atom. The van der Waals surface area contributed by atoms with Crippen molar-refractivity contribution >= 4 is 18.3 Å². The van der Waals surface area contributed by atoms with E-state index in [-0.39, 0.29) is 36.2 Å². The second kappa shape index (κ2) is 7.77. The molecule has 0 bridgehead atoms. The molecule has 5 nitrogen and oxygen atoms in total. The lowest BCUT2D eigenvalue weighted by molar-refractivity contribution is 0.0577. The van der Waals surface area contributed by atoms with Gasteiger partial charge in [0.2, 0.25) is 0 Å². The van der Waals surface area contributed by atoms with Crippen molar-refractivity contribution in [3.8, 4) is 11.3 Å². The molecule has 24 heavy (non-hydrogen) atoms. The molecular weight excluding hydrogens is 331 g/mol. The Labute approximate surface area is 146 Å². The highest BCUT2D eigenvalue weighted by Crippen LogP contribution is 2.23. The van der Waals surface area contributed by atoms with E-state index in [9.17, 15) is 9.18 Å². The lowest BCUT2D eigenvalue weighted by Crippen LogP contribution is -2.51. The molecular formula is C17H22ClFN4O. The SMILES string of the molecule is CC(N)C1CCCCN1C(=O)c1cc(-c2ccc(F)cc2)n[nH]1.Cl. The molecule has 0 aliphatic carbocycles. The van der Waals surface area contributed by atoms with E-state index in [1.165, 1.54) is 12.1 Å². The average Bonchev–Trinajstić information content (AvgIpc) is 3.04. The molecule has 1 aromatic heterocycles. The Morgan fingerprint density at radius 1 is 1.38 bits per heavy atom. The number of aromatic nitrogens is 2. The van der Waals surface area contributed by atoms with Crippen molar-refractivity contribution in [1.82, 2.24) is 15.1 Å². The summed E-state index contributed by atoms with van der Waals surface area (Å²) >= 11 is 0. The first-order chi connectivity index (χ1) is 11.1. The number of amides is 1. The third kappa shape index (κ3) is 3.76. The van der Waals surface area contributed by atoms with E-state index < -0.39 is 0 Å². The van der Waals surface area contributed by atoms with Gasteiger partial charge in [-0.05, 0) is 56.5 Å². The van der Waals surface area contributed by atoms with Crippen LogP contribution in [0.2, 0.25) is 0 Å². The highest BCUT2D eigenvalue weighted by molar-refractivity contribution is 5.93. The van der Waals surface area contributed by atoms with Crippen molar-refractivity contribution in [2.45, 2.75) is 38.3 Å². The highest BCUT2D eigenvalue weighted by atomic mass is 35.5. The molecule has 0 saturated carbocycles. The zero-order valence-electron chi connectivity index (χ0n) is 13.5. The summed E-state index contributed by atoms with van der Waals surface area (Å²) in [4.78, 5) is 14.6. The number of aromatic amines is 1. The zero-order chi connectivity index (χ0) is 16.4. The summed E-state index contributed by atoms with van der Waals surface area (Å²) < 4.78 is 13.0. The minimum absolute atomic E-state index is 0. The molecule has 3 N–H and O–H groups in total. The number of hydrogen-bond donors (Lipinski definition) is 2. The summed E-state index contributed by atoms with van der Waals surface area (Å²) in [5, 5.41) is 6.98. The van der Waals surface area contributed by atoms with Crippen LogP contribution in [0.4, 0.5) is 4.39 Å². The fourth-order valence-corrected chi connectivity index (χ4v) is 3.11. The second-order valence-corrected chi connectivity index (χ2v) is 6.09. The van der Waals surface area contributed by atoms with Crippen molar-refractivity contribution in [3.63, 3.8) is 0 Å². The Balaban J connectivity index is 0.00000208. The standard InChI is InChI=1S/C17H21FN4O.ClH/c1-11(19)16-4-2-3-9-22(16)17(23)15-10-14(20-21-15)12-5-7-13(18)8-6-12;/h5-8,10-11,16H,2-4,9,19H2,1H3,(H,20,21);1H. The average molecular weight is 353 g/mol. The minimum Gasteiger partial charge on any atom is -0.333 e. The molecule has 3 rings (SSSR count). The molecule has 2 aromatic rings. The van der Waals surface area contributed by atoms with Crippen LogP contribution in [0.5, 0.6) is 0 Å². The normalized spacial score (nSPS) is 18.8. The molecule has 1 aromatic carbocycles. The van der Waals surface area contributed by atoms with Crippen LogP contribution in [-0.4, -0.2) is 39.6 Å². The van der Waals surface area contributed by atoms with Gasteiger partial charge in [0.05, 0.1) is 5.69 Å². The third-order valence-electron chi connectivity index (χ3n) is 4.37. The van der Waals surface area contributed by atoms with Gasteiger partial charge in [0.15, 0.2) is 0 Å². The Morgan fingerprint density at radius 3 is 2.75 bits per heavy atom. The summed E-state index contributed by atoms with van der Waals surface area (Å²) in [6.45, 7) is 2.66. The molecule has 0 spiro atoms. The molecule has 2 heterocycles. The van der Waals surface area contributed by atoms with Crippen molar-refractivity contribution in [1.29, 1.82) is 0 Å². The van der Waals surface area contributed by atoms with E-state index in [0.29, 0.717) is 11.4 Å². The van der Waals surface area contributed by atoms with Crippen LogP contribution in [0.1, 0.15) is 36.7 Å². The maximum atomic E-state index is 13.0. The predicted octanol–water partition coefficient (Wildman–Crippen LogP) is 2.98. The second-order valence-electron chi connectivity index (χ2n) is 6.09. The van der Waals surface area contributed by atoms with Gasteiger partial charge in [-0.15, -0.1) is 12.4 Å². The fourth-order valence-electron chi connectivity index (χ4n) is 3.11. The number of piperidine rings is 1. The van der Waals surface area contributed by atoms with Crippen LogP contribution in [0.15, 0.2) is 30.3 Å². The molecule has 1 fully saturated rings. The van der Waals surface area contributed by atoms with Gasteiger partial charge in [-0.3, -0.25) is 9.89 Å². The number of hydrogen-bond acceptors (Lipinski definition) is 3. The van der Waals surface area contributed by atoms with Crippen molar-refractivity contribution in [3.05, 3.63) is 41.8 Å². The van der Waals surface area contributed by atoms with E-state index in [2.05, 4.69) is 10.2 Å². The minimum atomic E-state index is -0.298. The van der Waals surface area contributed by atoms with Crippen LogP contribution in [0.3, 0.4) is 0 Å². The lowest BCUT2D eigenvalue weighted by atomic mass is 9.96. The number of carbonyl (C=O) groups excluding carboxylic acids is 1. The molecule has 2 unspecified atom stereocenters. The lowest BCUT2D eigenvalue weighted by Gasteiger charge is -2.37. The van der Waals surface area contributed by atoms with Gasteiger partial charge in [0.25, 0.3) is 5.91 Å². The number of nitrogens with one attached hydrogen (secondary N) is 1. The number of H-pyrrole nitrogens is 1. The van der Waals surface area contributed by atoms with E-state index in [1.54, 1.807) is 18.2 Å². The number of halogens is 2. The quantitative estimate of drug-likeness (QED) is 0.891. The van der Waals surface area contributed by atoms with Crippen LogP contribution in [-0.2, 0) is 0 Å². The molecule has 1 aliphatic rings. The van der Waals surface area contributed by atoms with Gasteiger partial charge >= 0.3 is 0 Å². The van der Waals surface area contributed by atoms with E-state index in [0.717, 1.165) is 31.4 Å². The monoisotopic (exact) mass is 352 g/mol. The van der Waals surface area contributed by atoms with Gasteiger partial charge in [-0.1, -0.05) is 0 Å². The summed E-state index contributed by atoms with van der Waals surface area (Å²) in [5.41, 5.74) is 7.87. The Hall–Kier alpha value is -1.92. The number of nitrogens with two attached hydrogens (primary N) is 1. The van der Waals surface area contributed by atoms with E-state index in [4.69, 9.17) is 5.73 Å². The van der Waals surface area contributed by atoms with E-state index >= 15 is 0 Å². The summed E-state index contributed by atoms with van der Waals surface area (Å²) in [6, 6.07) is 7.76. The predicted molar refractivity (Wildman–Crippen MR) is 93.6 cm³/mol. The molecule has 0 radical (unpaired) electrons. The molecule has 7 heteroatoms. The Kier molecular flexibility index (Phi) is 5.96. The molecule has 130 valence electrons. The number of benzene rings is 1. The fraction of sp³-hybridized carbons (Fsp3) is 0.412. The Bertz CT molecular complexity index is 686. The highest BCUT2D eigenvalue weighted by Gasteiger charge is 2.30. The summed E-state index contributed by atoms with van der Waals surface area (Å²) in [6.07, 6.45) is 3.02. The largest absolute Gasteiger partial charge is 0.333 e. The summed E-state index contributed by atoms with van der Waals surface area (Å²) in [7, 11) is 0. The van der Waals surface area contributed by atoms with Crippen molar-refractivity contribution in [2.24, 2.45) is 5.73 Å². The molecule has 1 saturated heterocycles. The topological polar surface area (TPSA) is 75.0 Å². The van der Waals surface area contributed by atoms with Crippen LogP contribution >= 0.6 is 12.4 Å². The number of likely N-dealkylation sites (tertiary alicyclic amines) is 1. The maximum absolute atomic E-state index is 13.0. The number of nitrogens with zero attached hydrogens (tertiary/aromatic N) is 2. The smallest absolute Gasteiger partial charge is 0.272 e. The first-order valence-electron chi connectivity index (χ1n) is 7.94. The van der Waals surface area contributed by atoms with Gasteiger partial charge in [0, 0.05) is 24.2 Å². The zero-order valence-corrected chi connectivity index (χ0v) is 14.4. The summed E-state index contributed by atoms with van der Waals surface area (Å²) in [5.74, 6) is -0.374. The van der Waals surface area contributed by atoms with Gasteiger partial charge in [-0.25, -0.2) is 4.39 Å². The van der Waals surface area contributed by atoms with Crippen LogP contribution in [0, 0.1) is 5.82 Å². The van der Waals surface area contributed by atoms with Crippen LogP contribution in [0.25, 0.3) is 11.3 Å². The van der Waals surface area contributed by atoms with Crippen molar-refractivity contribution < 1.29 is 9.18 Å². The molecule has 1 amide bonds. The third-order valence-corrected chi connectivity index (χ3v) is 4.37. The molecule has 1 aliphatic heterocycles. The van der Waals surface area contributed by atoms with Gasteiger partial charge < -0.3 is 10.6 Å². The van der Waals surface area contributed by atoms with Crippen LogP contribution < -0.4 is 5.73 Å².